The van der Waals surface area contributed by atoms with Crippen LogP contribution in [-0.4, -0.2) is 29.3 Å². The number of hydrogen-bond donors (Lipinski definition) is 1. The van der Waals surface area contributed by atoms with Crippen LogP contribution < -0.4 is 5.32 Å². The number of amides is 2. The van der Waals surface area contributed by atoms with E-state index >= 15 is 0 Å². The number of nitrogens with zero attached hydrogens (tertiary/aromatic N) is 1. The number of rotatable bonds is 4. The van der Waals surface area contributed by atoms with Crippen molar-refractivity contribution in [3.63, 3.8) is 0 Å². The van der Waals surface area contributed by atoms with Gasteiger partial charge in [0.1, 0.15) is 6.04 Å². The molecule has 0 aliphatic carbocycles. The summed E-state index contributed by atoms with van der Waals surface area (Å²) in [6.45, 7) is 6.87. The molecular formula is C17H24N2O2. The van der Waals surface area contributed by atoms with Crippen molar-refractivity contribution in [2.45, 2.75) is 45.7 Å². The van der Waals surface area contributed by atoms with Crippen LogP contribution in [0.3, 0.4) is 0 Å². The first-order valence-corrected chi connectivity index (χ1v) is 7.64. The average Bonchev–Trinajstić information content (AvgIpc) is 2.58. The molecule has 0 aromatic heterocycles. The molecule has 0 radical (unpaired) electrons. The second-order valence-corrected chi connectivity index (χ2v) is 6.17. The van der Waals surface area contributed by atoms with Crippen LogP contribution in [0, 0.1) is 5.92 Å². The van der Waals surface area contributed by atoms with E-state index in [0.717, 1.165) is 12.0 Å². The molecule has 0 bridgehead atoms. The van der Waals surface area contributed by atoms with Crippen LogP contribution >= 0.6 is 0 Å². The van der Waals surface area contributed by atoms with Crippen molar-refractivity contribution in [3.8, 4) is 0 Å². The third kappa shape index (κ3) is 3.84. The Morgan fingerprint density at radius 3 is 2.48 bits per heavy atom. The van der Waals surface area contributed by atoms with Crippen LogP contribution in [0.2, 0.25) is 0 Å². The van der Waals surface area contributed by atoms with Gasteiger partial charge in [0.2, 0.25) is 11.8 Å². The van der Waals surface area contributed by atoms with Crippen LogP contribution in [0.25, 0.3) is 0 Å². The maximum atomic E-state index is 12.8. The molecule has 1 fully saturated rings. The molecule has 2 atom stereocenters. The average molecular weight is 288 g/mol. The van der Waals surface area contributed by atoms with Crippen molar-refractivity contribution in [1.29, 1.82) is 0 Å². The Bertz CT molecular complexity index is 499. The second kappa shape index (κ2) is 6.74. The summed E-state index contributed by atoms with van der Waals surface area (Å²) in [5.41, 5.74) is 0.847. The standard InChI is InChI=1S/C17H24N2O2/c1-12(2)11-13(3)19-10-9-15(20)18-16(17(19)21)14-7-5-4-6-8-14/h4-8,12-13,16H,9-11H2,1-3H3,(H,18,20). The van der Waals surface area contributed by atoms with Gasteiger partial charge in [0.25, 0.3) is 0 Å². The van der Waals surface area contributed by atoms with Crippen LogP contribution in [-0.2, 0) is 9.59 Å². The summed E-state index contributed by atoms with van der Waals surface area (Å²) in [7, 11) is 0. The monoisotopic (exact) mass is 288 g/mol. The Labute approximate surface area is 126 Å². The van der Waals surface area contributed by atoms with E-state index in [4.69, 9.17) is 0 Å². The summed E-state index contributed by atoms with van der Waals surface area (Å²) >= 11 is 0. The van der Waals surface area contributed by atoms with Crippen LogP contribution in [0.5, 0.6) is 0 Å². The smallest absolute Gasteiger partial charge is 0.250 e. The van der Waals surface area contributed by atoms with Crippen LogP contribution in [0.4, 0.5) is 0 Å². The van der Waals surface area contributed by atoms with Gasteiger partial charge in [-0.25, -0.2) is 0 Å². The molecule has 114 valence electrons. The number of nitrogens with one attached hydrogen (secondary N) is 1. The van der Waals surface area contributed by atoms with E-state index in [-0.39, 0.29) is 17.9 Å². The third-order valence-corrected chi connectivity index (χ3v) is 3.89. The highest BCUT2D eigenvalue weighted by atomic mass is 16.2. The van der Waals surface area contributed by atoms with E-state index in [2.05, 4.69) is 26.1 Å². The Morgan fingerprint density at radius 2 is 1.86 bits per heavy atom. The van der Waals surface area contributed by atoms with E-state index in [9.17, 15) is 9.59 Å². The maximum absolute atomic E-state index is 12.8. The highest BCUT2D eigenvalue weighted by Crippen LogP contribution is 2.22. The van der Waals surface area contributed by atoms with Crippen molar-refractivity contribution in [1.82, 2.24) is 10.2 Å². The van der Waals surface area contributed by atoms with Crippen LogP contribution in [0.15, 0.2) is 30.3 Å². The van der Waals surface area contributed by atoms with Gasteiger partial charge < -0.3 is 10.2 Å². The van der Waals surface area contributed by atoms with E-state index in [1.54, 1.807) is 0 Å². The lowest BCUT2D eigenvalue weighted by atomic mass is 10.0. The number of carbonyl (C=O) groups is 2. The minimum absolute atomic E-state index is 0.000185. The van der Waals surface area contributed by atoms with E-state index in [1.807, 2.05) is 35.2 Å². The van der Waals surface area contributed by atoms with Crippen molar-refractivity contribution in [2.75, 3.05) is 6.54 Å². The molecule has 21 heavy (non-hydrogen) atoms. The Balaban J connectivity index is 2.24. The molecule has 0 spiro atoms. The van der Waals surface area contributed by atoms with E-state index < -0.39 is 6.04 Å². The zero-order valence-corrected chi connectivity index (χ0v) is 13.0. The van der Waals surface area contributed by atoms with Crippen molar-refractivity contribution in [2.24, 2.45) is 5.92 Å². The molecule has 1 aliphatic rings. The first-order valence-electron chi connectivity index (χ1n) is 7.64. The number of benzene rings is 1. The van der Waals surface area contributed by atoms with Gasteiger partial charge in [-0.15, -0.1) is 0 Å². The van der Waals surface area contributed by atoms with Gasteiger partial charge in [-0.3, -0.25) is 9.59 Å². The van der Waals surface area contributed by atoms with Gasteiger partial charge in [-0.2, -0.15) is 0 Å². The molecule has 0 saturated carbocycles. The lowest BCUT2D eigenvalue weighted by molar-refractivity contribution is -0.135. The fraction of sp³-hybridized carbons (Fsp3) is 0.529. The van der Waals surface area contributed by atoms with Gasteiger partial charge in [0, 0.05) is 19.0 Å². The quantitative estimate of drug-likeness (QED) is 0.925. The SMILES string of the molecule is CC(C)CC(C)N1CCC(=O)NC(c2ccccc2)C1=O. The molecule has 4 heteroatoms. The molecule has 4 nitrogen and oxygen atoms in total. The summed E-state index contributed by atoms with van der Waals surface area (Å²) in [4.78, 5) is 26.6. The highest BCUT2D eigenvalue weighted by molar-refractivity contribution is 5.91. The third-order valence-electron chi connectivity index (χ3n) is 3.89. The molecule has 1 aliphatic heterocycles. The Kier molecular flexibility index (Phi) is 4.99. The summed E-state index contributed by atoms with van der Waals surface area (Å²) in [6, 6.07) is 9.06. The Morgan fingerprint density at radius 1 is 1.19 bits per heavy atom. The topological polar surface area (TPSA) is 49.4 Å². The summed E-state index contributed by atoms with van der Waals surface area (Å²) in [6.07, 6.45) is 1.32. The highest BCUT2D eigenvalue weighted by Gasteiger charge is 2.33. The largest absolute Gasteiger partial charge is 0.340 e. The molecule has 1 N–H and O–H groups in total. The second-order valence-electron chi connectivity index (χ2n) is 6.17. The predicted molar refractivity (Wildman–Crippen MR) is 82.6 cm³/mol. The molecule has 1 saturated heterocycles. The molecule has 1 heterocycles. The van der Waals surface area contributed by atoms with Gasteiger partial charge >= 0.3 is 0 Å². The molecule has 1 aromatic rings. The molecule has 1 aromatic carbocycles. The Hall–Kier alpha value is -1.84. The lowest BCUT2D eigenvalue weighted by Crippen LogP contribution is -2.43. The van der Waals surface area contributed by atoms with E-state index in [1.165, 1.54) is 0 Å². The van der Waals surface area contributed by atoms with Gasteiger partial charge in [0.05, 0.1) is 0 Å². The molecule has 2 rings (SSSR count). The van der Waals surface area contributed by atoms with E-state index in [0.29, 0.717) is 18.9 Å². The number of hydrogen-bond acceptors (Lipinski definition) is 2. The van der Waals surface area contributed by atoms with Crippen molar-refractivity contribution >= 4 is 11.8 Å². The first-order chi connectivity index (χ1) is 9.99. The van der Waals surface area contributed by atoms with Gasteiger partial charge in [-0.05, 0) is 24.8 Å². The van der Waals surface area contributed by atoms with Gasteiger partial charge in [-0.1, -0.05) is 44.2 Å². The fourth-order valence-corrected chi connectivity index (χ4v) is 2.91. The van der Waals surface area contributed by atoms with Crippen LogP contribution in [0.1, 0.15) is 45.2 Å². The summed E-state index contributed by atoms with van der Waals surface area (Å²) < 4.78 is 0. The fourth-order valence-electron chi connectivity index (χ4n) is 2.91. The zero-order valence-electron chi connectivity index (χ0n) is 13.0. The summed E-state index contributed by atoms with van der Waals surface area (Å²) in [5.74, 6) is 0.464. The first kappa shape index (κ1) is 15.5. The zero-order chi connectivity index (χ0) is 15.4. The summed E-state index contributed by atoms with van der Waals surface area (Å²) in [5, 5.41) is 2.85. The predicted octanol–water partition coefficient (Wildman–Crippen LogP) is 2.51. The molecule has 2 unspecified atom stereocenters. The molecular weight excluding hydrogens is 264 g/mol. The maximum Gasteiger partial charge on any atom is 0.250 e. The van der Waals surface area contributed by atoms with Crippen molar-refractivity contribution < 1.29 is 9.59 Å². The minimum atomic E-state index is -0.559. The number of carbonyl (C=O) groups excluding carboxylic acids is 2. The molecule has 2 amide bonds. The lowest BCUT2D eigenvalue weighted by Gasteiger charge is -2.31. The van der Waals surface area contributed by atoms with Crippen molar-refractivity contribution in [3.05, 3.63) is 35.9 Å². The minimum Gasteiger partial charge on any atom is -0.340 e. The van der Waals surface area contributed by atoms with Gasteiger partial charge in [0.15, 0.2) is 0 Å². The normalized spacial score (nSPS) is 21.1.